The van der Waals surface area contributed by atoms with Crippen molar-refractivity contribution in [3.63, 3.8) is 0 Å². The number of nitrogens with zero attached hydrogens (tertiary/aromatic N) is 1. The first-order chi connectivity index (χ1) is 10.0. The van der Waals surface area contributed by atoms with Gasteiger partial charge in [0.2, 0.25) is 0 Å². The third-order valence-corrected chi connectivity index (χ3v) is 5.81. The Balaban J connectivity index is 1.97. The van der Waals surface area contributed by atoms with Crippen LogP contribution in [0.4, 0.5) is 0 Å². The van der Waals surface area contributed by atoms with Gasteiger partial charge in [-0.15, -0.1) is 0 Å². The molecule has 0 aromatic heterocycles. The Labute approximate surface area is 133 Å². The summed E-state index contributed by atoms with van der Waals surface area (Å²) in [5.74, 6) is 1.87. The second-order valence-electron chi connectivity index (χ2n) is 8.39. The Morgan fingerprint density at radius 2 is 2.05 bits per heavy atom. The van der Waals surface area contributed by atoms with Crippen LogP contribution in [0.1, 0.15) is 72.6 Å². The lowest BCUT2D eigenvalue weighted by Gasteiger charge is -2.45. The minimum atomic E-state index is 0.539. The van der Waals surface area contributed by atoms with E-state index in [0.717, 1.165) is 11.8 Å². The van der Waals surface area contributed by atoms with Crippen LogP contribution in [0.2, 0.25) is 0 Å². The van der Waals surface area contributed by atoms with Crippen molar-refractivity contribution < 1.29 is 0 Å². The molecule has 3 atom stereocenters. The average molecular weight is 295 g/mol. The van der Waals surface area contributed by atoms with Crippen LogP contribution >= 0.6 is 0 Å². The highest BCUT2D eigenvalue weighted by Crippen LogP contribution is 2.40. The molecule has 1 saturated heterocycles. The number of likely N-dealkylation sites (tertiary alicyclic amines) is 1. The summed E-state index contributed by atoms with van der Waals surface area (Å²) in [6.45, 7) is 14.7. The molecule has 2 heteroatoms. The SMILES string of the molecule is CCC1CCCN(CC2(CNC(C)C)CCCC(C)C2)C1. The van der Waals surface area contributed by atoms with Crippen molar-refractivity contribution in [2.24, 2.45) is 17.3 Å². The van der Waals surface area contributed by atoms with Gasteiger partial charge in [-0.1, -0.05) is 47.0 Å². The lowest BCUT2D eigenvalue weighted by molar-refractivity contribution is 0.0549. The number of piperidine rings is 1. The van der Waals surface area contributed by atoms with Crippen molar-refractivity contribution in [2.45, 2.75) is 78.7 Å². The zero-order valence-electron chi connectivity index (χ0n) is 15.0. The highest BCUT2D eigenvalue weighted by Gasteiger charge is 2.37. The minimum absolute atomic E-state index is 0.539. The van der Waals surface area contributed by atoms with E-state index >= 15 is 0 Å². The van der Waals surface area contributed by atoms with Crippen molar-refractivity contribution in [1.82, 2.24) is 10.2 Å². The number of hydrogen-bond acceptors (Lipinski definition) is 2. The van der Waals surface area contributed by atoms with Gasteiger partial charge in [0.25, 0.3) is 0 Å². The Bertz CT molecular complexity index is 302. The van der Waals surface area contributed by atoms with Gasteiger partial charge in [-0.05, 0) is 49.5 Å². The van der Waals surface area contributed by atoms with E-state index in [2.05, 4.69) is 37.9 Å². The van der Waals surface area contributed by atoms with E-state index in [-0.39, 0.29) is 0 Å². The standard InChI is InChI=1S/C19H38N2/c1-5-18-9-7-11-21(13-18)15-19(14-20-16(2)3)10-6-8-17(4)12-19/h16-18,20H,5-15H2,1-4H3. The van der Waals surface area contributed by atoms with Crippen molar-refractivity contribution >= 4 is 0 Å². The zero-order chi connectivity index (χ0) is 15.3. The molecule has 124 valence electrons. The predicted octanol–water partition coefficient (Wildman–Crippen LogP) is 4.30. The van der Waals surface area contributed by atoms with Gasteiger partial charge in [0.15, 0.2) is 0 Å². The highest BCUT2D eigenvalue weighted by molar-refractivity contribution is 4.91. The molecule has 1 saturated carbocycles. The maximum Gasteiger partial charge on any atom is 0.00504 e. The first-order valence-electron chi connectivity index (χ1n) is 9.49. The molecular formula is C19H38N2. The summed E-state index contributed by atoms with van der Waals surface area (Å²) in [7, 11) is 0. The summed E-state index contributed by atoms with van der Waals surface area (Å²) in [6, 6.07) is 0.615. The van der Waals surface area contributed by atoms with Crippen molar-refractivity contribution in [1.29, 1.82) is 0 Å². The van der Waals surface area contributed by atoms with Gasteiger partial charge in [0, 0.05) is 25.7 Å². The number of hydrogen-bond donors (Lipinski definition) is 1. The number of nitrogens with one attached hydrogen (secondary N) is 1. The highest BCUT2D eigenvalue weighted by atomic mass is 15.1. The topological polar surface area (TPSA) is 15.3 Å². The fourth-order valence-corrected chi connectivity index (χ4v) is 4.65. The third kappa shape index (κ3) is 5.25. The first-order valence-corrected chi connectivity index (χ1v) is 9.49. The Morgan fingerprint density at radius 3 is 2.71 bits per heavy atom. The van der Waals surface area contributed by atoms with Gasteiger partial charge >= 0.3 is 0 Å². The van der Waals surface area contributed by atoms with Crippen molar-refractivity contribution in [3.8, 4) is 0 Å². The van der Waals surface area contributed by atoms with E-state index in [4.69, 9.17) is 0 Å². The van der Waals surface area contributed by atoms with Gasteiger partial charge in [-0.3, -0.25) is 0 Å². The molecule has 2 fully saturated rings. The van der Waals surface area contributed by atoms with E-state index in [1.54, 1.807) is 0 Å². The molecule has 0 amide bonds. The molecule has 0 aromatic carbocycles. The van der Waals surface area contributed by atoms with Crippen LogP contribution in [0.15, 0.2) is 0 Å². The monoisotopic (exact) mass is 294 g/mol. The first kappa shape index (κ1) is 17.3. The van der Waals surface area contributed by atoms with Crippen molar-refractivity contribution in [2.75, 3.05) is 26.2 Å². The maximum absolute atomic E-state index is 3.76. The van der Waals surface area contributed by atoms with Crippen LogP contribution in [-0.2, 0) is 0 Å². The molecule has 1 N–H and O–H groups in total. The van der Waals surface area contributed by atoms with Gasteiger partial charge in [0.05, 0.1) is 0 Å². The van der Waals surface area contributed by atoms with E-state index in [9.17, 15) is 0 Å². The second kappa shape index (κ2) is 7.97. The van der Waals surface area contributed by atoms with Crippen LogP contribution in [0.3, 0.4) is 0 Å². The largest absolute Gasteiger partial charge is 0.314 e. The van der Waals surface area contributed by atoms with E-state index in [0.29, 0.717) is 11.5 Å². The van der Waals surface area contributed by atoms with E-state index in [1.807, 2.05) is 0 Å². The van der Waals surface area contributed by atoms with E-state index in [1.165, 1.54) is 71.1 Å². The summed E-state index contributed by atoms with van der Waals surface area (Å²) >= 11 is 0. The summed E-state index contributed by atoms with van der Waals surface area (Å²) in [6.07, 6.45) is 9.99. The molecule has 2 rings (SSSR count). The van der Waals surface area contributed by atoms with Gasteiger partial charge in [-0.2, -0.15) is 0 Å². The predicted molar refractivity (Wildman–Crippen MR) is 92.7 cm³/mol. The Kier molecular flexibility index (Phi) is 6.55. The zero-order valence-corrected chi connectivity index (χ0v) is 15.0. The molecule has 1 aliphatic carbocycles. The summed E-state index contributed by atoms with van der Waals surface area (Å²) in [4.78, 5) is 2.80. The molecule has 0 spiro atoms. The van der Waals surface area contributed by atoms with Crippen molar-refractivity contribution in [3.05, 3.63) is 0 Å². The molecule has 1 aliphatic heterocycles. The summed E-state index contributed by atoms with van der Waals surface area (Å²) in [5, 5.41) is 3.76. The molecule has 0 aromatic rings. The molecule has 3 unspecified atom stereocenters. The van der Waals surface area contributed by atoms with Crippen LogP contribution in [0.25, 0.3) is 0 Å². The van der Waals surface area contributed by atoms with Crippen LogP contribution in [0.5, 0.6) is 0 Å². The molecular weight excluding hydrogens is 256 g/mol. The Hall–Kier alpha value is -0.0800. The summed E-state index contributed by atoms with van der Waals surface area (Å²) < 4.78 is 0. The molecule has 2 aliphatic rings. The third-order valence-electron chi connectivity index (χ3n) is 5.81. The second-order valence-corrected chi connectivity index (χ2v) is 8.39. The fourth-order valence-electron chi connectivity index (χ4n) is 4.65. The minimum Gasteiger partial charge on any atom is -0.314 e. The Morgan fingerprint density at radius 1 is 1.24 bits per heavy atom. The normalized spacial score (nSPS) is 35.3. The van der Waals surface area contributed by atoms with Gasteiger partial charge < -0.3 is 10.2 Å². The molecule has 1 heterocycles. The maximum atomic E-state index is 3.76. The van der Waals surface area contributed by atoms with Crippen LogP contribution in [0, 0.1) is 17.3 Å². The summed E-state index contributed by atoms with van der Waals surface area (Å²) in [5.41, 5.74) is 0.539. The lowest BCUT2D eigenvalue weighted by Crippen LogP contribution is -2.50. The molecule has 21 heavy (non-hydrogen) atoms. The molecule has 2 nitrogen and oxygen atoms in total. The van der Waals surface area contributed by atoms with Gasteiger partial charge in [-0.25, -0.2) is 0 Å². The number of rotatable bonds is 6. The quantitative estimate of drug-likeness (QED) is 0.785. The molecule has 0 radical (unpaired) electrons. The smallest absolute Gasteiger partial charge is 0.00504 e. The average Bonchev–Trinajstić information content (AvgIpc) is 2.45. The lowest BCUT2D eigenvalue weighted by atomic mass is 9.69. The molecule has 0 bridgehead atoms. The van der Waals surface area contributed by atoms with Gasteiger partial charge in [0.1, 0.15) is 0 Å². The van der Waals surface area contributed by atoms with Crippen LogP contribution < -0.4 is 5.32 Å². The van der Waals surface area contributed by atoms with Crippen LogP contribution in [-0.4, -0.2) is 37.1 Å². The van der Waals surface area contributed by atoms with E-state index < -0.39 is 0 Å². The fraction of sp³-hybridized carbons (Fsp3) is 1.00.